The highest BCUT2D eigenvalue weighted by Gasteiger charge is 2.18. The van der Waals surface area contributed by atoms with Crippen LogP contribution < -0.4 is 14.8 Å². The number of hydrogen-bond acceptors (Lipinski definition) is 4. The zero-order valence-electron chi connectivity index (χ0n) is 11.7. The summed E-state index contributed by atoms with van der Waals surface area (Å²) < 4.78 is 10.5. The lowest BCUT2D eigenvalue weighted by Crippen LogP contribution is -2.42. The van der Waals surface area contributed by atoms with Crippen molar-refractivity contribution in [1.29, 1.82) is 0 Å². The summed E-state index contributed by atoms with van der Waals surface area (Å²) >= 11 is 0. The molecule has 2 N–H and O–H groups in total. The van der Waals surface area contributed by atoms with Crippen LogP contribution in [0.3, 0.4) is 0 Å². The fourth-order valence-corrected chi connectivity index (χ4v) is 1.50. The molecule has 1 atom stereocenters. The minimum atomic E-state index is -1.18. The first-order chi connectivity index (χ1) is 10.1. The molecular formula is C15H17NO5. The second-order valence-electron chi connectivity index (χ2n) is 4.06. The zero-order chi connectivity index (χ0) is 15.7. The number of benzene rings is 1. The van der Waals surface area contributed by atoms with Crippen LogP contribution in [-0.4, -0.2) is 36.2 Å². The molecule has 0 aromatic heterocycles. The van der Waals surface area contributed by atoms with E-state index in [1.165, 1.54) is 0 Å². The molecule has 0 saturated carbocycles. The summed E-state index contributed by atoms with van der Waals surface area (Å²) in [5, 5.41) is 11.1. The van der Waals surface area contributed by atoms with Crippen LogP contribution in [-0.2, 0) is 9.59 Å². The van der Waals surface area contributed by atoms with E-state index in [1.807, 2.05) is 6.92 Å². The van der Waals surface area contributed by atoms with Gasteiger partial charge < -0.3 is 19.9 Å². The maximum absolute atomic E-state index is 11.6. The summed E-state index contributed by atoms with van der Waals surface area (Å²) in [6.07, 6.45) is 4.96. The highest BCUT2D eigenvalue weighted by molar-refractivity contribution is 5.84. The lowest BCUT2D eigenvalue weighted by atomic mass is 10.2. The summed E-state index contributed by atoms with van der Waals surface area (Å²) in [5.74, 6) is 1.66. The van der Waals surface area contributed by atoms with Crippen LogP contribution in [0.15, 0.2) is 24.3 Å². The Kier molecular flexibility index (Phi) is 6.61. The lowest BCUT2D eigenvalue weighted by molar-refractivity contribution is -0.141. The normalized spacial score (nSPS) is 11.0. The molecule has 0 spiro atoms. The Labute approximate surface area is 123 Å². The molecule has 0 aliphatic carbocycles. The number of ether oxygens (including phenoxy) is 2. The Morgan fingerprint density at radius 3 is 2.33 bits per heavy atom. The van der Waals surface area contributed by atoms with Crippen molar-refractivity contribution < 1.29 is 24.2 Å². The van der Waals surface area contributed by atoms with E-state index in [4.69, 9.17) is 21.0 Å². The Bertz CT molecular complexity index is 518. The minimum Gasteiger partial charge on any atom is -0.494 e. The van der Waals surface area contributed by atoms with E-state index in [-0.39, 0.29) is 13.0 Å². The van der Waals surface area contributed by atoms with Crippen molar-refractivity contribution in [3.05, 3.63) is 24.3 Å². The Morgan fingerprint density at radius 1 is 1.29 bits per heavy atom. The number of carboxylic acids is 1. The number of amides is 1. The van der Waals surface area contributed by atoms with Crippen molar-refractivity contribution in [3.8, 4) is 23.8 Å². The molecule has 1 unspecified atom stereocenters. The molecule has 1 amide bonds. The van der Waals surface area contributed by atoms with Crippen LogP contribution in [0, 0.1) is 12.3 Å². The molecule has 1 aromatic carbocycles. The first kappa shape index (κ1) is 16.4. The fraction of sp³-hybridized carbons (Fsp3) is 0.333. The van der Waals surface area contributed by atoms with Gasteiger partial charge in [-0.2, -0.15) is 0 Å². The third-order valence-electron chi connectivity index (χ3n) is 2.46. The summed E-state index contributed by atoms with van der Waals surface area (Å²) in [7, 11) is 0. The SMILES string of the molecule is C#CCC(NC(=O)COc1ccc(OCC)cc1)C(=O)O. The Balaban J connectivity index is 2.45. The molecule has 0 radical (unpaired) electrons. The molecular weight excluding hydrogens is 274 g/mol. The van der Waals surface area contributed by atoms with Crippen molar-refractivity contribution in [2.45, 2.75) is 19.4 Å². The lowest BCUT2D eigenvalue weighted by Gasteiger charge is -2.12. The quantitative estimate of drug-likeness (QED) is 0.699. The van der Waals surface area contributed by atoms with Crippen LogP contribution in [0.2, 0.25) is 0 Å². The molecule has 6 heteroatoms. The van der Waals surface area contributed by atoms with Gasteiger partial charge in [-0.05, 0) is 31.2 Å². The van der Waals surface area contributed by atoms with Crippen molar-refractivity contribution >= 4 is 11.9 Å². The average molecular weight is 291 g/mol. The highest BCUT2D eigenvalue weighted by atomic mass is 16.5. The van der Waals surface area contributed by atoms with Crippen molar-refractivity contribution in [1.82, 2.24) is 5.32 Å². The van der Waals surface area contributed by atoms with E-state index >= 15 is 0 Å². The van der Waals surface area contributed by atoms with Crippen molar-refractivity contribution in [2.75, 3.05) is 13.2 Å². The van der Waals surface area contributed by atoms with Gasteiger partial charge in [-0.15, -0.1) is 12.3 Å². The number of carbonyl (C=O) groups is 2. The predicted octanol–water partition coefficient (Wildman–Crippen LogP) is 1.06. The summed E-state index contributed by atoms with van der Waals surface area (Å²) in [5.41, 5.74) is 0. The van der Waals surface area contributed by atoms with E-state index in [1.54, 1.807) is 24.3 Å². The minimum absolute atomic E-state index is 0.0792. The zero-order valence-corrected chi connectivity index (χ0v) is 11.7. The van der Waals surface area contributed by atoms with E-state index in [0.717, 1.165) is 0 Å². The van der Waals surface area contributed by atoms with Gasteiger partial charge in [0.1, 0.15) is 17.5 Å². The Morgan fingerprint density at radius 2 is 1.86 bits per heavy atom. The molecule has 0 heterocycles. The van der Waals surface area contributed by atoms with Crippen LogP contribution in [0.1, 0.15) is 13.3 Å². The number of hydrogen-bond donors (Lipinski definition) is 2. The molecule has 0 fully saturated rings. The molecule has 0 aliphatic rings. The van der Waals surface area contributed by atoms with Crippen LogP contribution in [0.5, 0.6) is 11.5 Å². The molecule has 21 heavy (non-hydrogen) atoms. The van der Waals surface area contributed by atoms with E-state index in [0.29, 0.717) is 18.1 Å². The van der Waals surface area contributed by atoms with Gasteiger partial charge in [0.2, 0.25) is 0 Å². The number of rotatable bonds is 8. The third-order valence-corrected chi connectivity index (χ3v) is 2.46. The maximum Gasteiger partial charge on any atom is 0.327 e. The summed E-state index contributed by atoms with van der Waals surface area (Å²) in [4.78, 5) is 22.4. The molecule has 1 aromatic rings. The first-order valence-corrected chi connectivity index (χ1v) is 6.38. The standard InChI is InChI=1S/C15H17NO5/c1-3-5-13(15(18)19)16-14(17)10-21-12-8-6-11(7-9-12)20-4-2/h1,6-9,13H,4-5,10H2,2H3,(H,16,17)(H,18,19). The van der Waals surface area contributed by atoms with E-state index < -0.39 is 17.9 Å². The van der Waals surface area contributed by atoms with Gasteiger partial charge in [-0.1, -0.05) is 0 Å². The second kappa shape index (κ2) is 8.48. The number of terminal acetylenes is 1. The van der Waals surface area contributed by atoms with Gasteiger partial charge in [-0.25, -0.2) is 4.79 Å². The average Bonchev–Trinajstić information content (AvgIpc) is 2.46. The maximum atomic E-state index is 11.6. The largest absolute Gasteiger partial charge is 0.494 e. The summed E-state index contributed by atoms with van der Waals surface area (Å²) in [6, 6.07) is 5.65. The molecule has 0 aliphatic heterocycles. The Hall–Kier alpha value is -2.68. The molecule has 1 rings (SSSR count). The predicted molar refractivity (Wildman–Crippen MR) is 76.1 cm³/mol. The van der Waals surface area contributed by atoms with Gasteiger partial charge >= 0.3 is 5.97 Å². The third kappa shape index (κ3) is 5.87. The molecule has 112 valence electrons. The van der Waals surface area contributed by atoms with E-state index in [2.05, 4.69) is 11.2 Å². The van der Waals surface area contributed by atoms with Crippen LogP contribution in [0.4, 0.5) is 0 Å². The van der Waals surface area contributed by atoms with Gasteiger partial charge in [0, 0.05) is 6.42 Å². The number of aliphatic carboxylic acids is 1. The smallest absolute Gasteiger partial charge is 0.327 e. The van der Waals surface area contributed by atoms with Crippen molar-refractivity contribution in [2.24, 2.45) is 0 Å². The number of carboxylic acid groups (broad SMARTS) is 1. The number of carbonyl (C=O) groups excluding carboxylic acids is 1. The van der Waals surface area contributed by atoms with Gasteiger partial charge in [0.05, 0.1) is 6.61 Å². The number of nitrogens with one attached hydrogen (secondary N) is 1. The fourth-order valence-electron chi connectivity index (χ4n) is 1.50. The molecule has 6 nitrogen and oxygen atoms in total. The highest BCUT2D eigenvalue weighted by Crippen LogP contribution is 2.17. The van der Waals surface area contributed by atoms with Gasteiger partial charge in [-0.3, -0.25) is 4.79 Å². The molecule has 0 bridgehead atoms. The van der Waals surface area contributed by atoms with Gasteiger partial charge in [0.15, 0.2) is 6.61 Å². The summed E-state index contributed by atoms with van der Waals surface area (Å²) in [6.45, 7) is 2.15. The van der Waals surface area contributed by atoms with Crippen LogP contribution in [0.25, 0.3) is 0 Å². The second-order valence-corrected chi connectivity index (χ2v) is 4.06. The van der Waals surface area contributed by atoms with Crippen LogP contribution >= 0.6 is 0 Å². The first-order valence-electron chi connectivity index (χ1n) is 6.38. The van der Waals surface area contributed by atoms with E-state index in [9.17, 15) is 9.59 Å². The molecule has 0 saturated heterocycles. The monoisotopic (exact) mass is 291 g/mol. The van der Waals surface area contributed by atoms with Crippen molar-refractivity contribution in [3.63, 3.8) is 0 Å². The van der Waals surface area contributed by atoms with Gasteiger partial charge in [0.25, 0.3) is 5.91 Å². The topological polar surface area (TPSA) is 84.9 Å².